The molecule has 2 rings (SSSR count). The zero-order valence-electron chi connectivity index (χ0n) is 10.3. The summed E-state index contributed by atoms with van der Waals surface area (Å²) < 4.78 is 5.10. The van der Waals surface area contributed by atoms with E-state index < -0.39 is 0 Å². The molecule has 1 heterocycles. The SMILES string of the molecule is COc1cc(C)nc(Nc2ccc(CCl)cc2)n1. The van der Waals surface area contributed by atoms with E-state index in [9.17, 15) is 0 Å². The number of alkyl halides is 1. The molecular weight excluding hydrogens is 250 g/mol. The van der Waals surface area contributed by atoms with Gasteiger partial charge in [-0.25, -0.2) is 4.98 Å². The molecule has 4 nitrogen and oxygen atoms in total. The number of hydrogen-bond donors (Lipinski definition) is 1. The van der Waals surface area contributed by atoms with Crippen molar-refractivity contribution in [2.45, 2.75) is 12.8 Å². The number of ether oxygens (including phenoxy) is 1. The van der Waals surface area contributed by atoms with Crippen LogP contribution < -0.4 is 10.1 Å². The zero-order chi connectivity index (χ0) is 13.0. The highest BCUT2D eigenvalue weighted by Gasteiger charge is 2.02. The second-order valence-corrected chi connectivity index (χ2v) is 4.10. The Labute approximate surface area is 111 Å². The highest BCUT2D eigenvalue weighted by Crippen LogP contribution is 2.17. The normalized spacial score (nSPS) is 10.2. The molecule has 1 aromatic heterocycles. The monoisotopic (exact) mass is 263 g/mol. The van der Waals surface area contributed by atoms with Crippen molar-refractivity contribution in [2.24, 2.45) is 0 Å². The van der Waals surface area contributed by atoms with Gasteiger partial charge in [0.25, 0.3) is 0 Å². The van der Waals surface area contributed by atoms with Crippen molar-refractivity contribution < 1.29 is 4.74 Å². The first-order valence-corrected chi connectivity index (χ1v) is 6.06. The largest absolute Gasteiger partial charge is 0.481 e. The smallest absolute Gasteiger partial charge is 0.230 e. The van der Waals surface area contributed by atoms with E-state index in [0.29, 0.717) is 17.7 Å². The lowest BCUT2D eigenvalue weighted by atomic mass is 10.2. The molecule has 94 valence electrons. The summed E-state index contributed by atoms with van der Waals surface area (Å²) in [5.74, 6) is 1.57. The van der Waals surface area contributed by atoms with E-state index in [1.807, 2.05) is 31.2 Å². The number of hydrogen-bond acceptors (Lipinski definition) is 4. The number of benzene rings is 1. The Morgan fingerprint density at radius 2 is 1.94 bits per heavy atom. The molecular formula is C13H14ClN3O. The third-order valence-corrected chi connectivity index (χ3v) is 2.71. The number of methoxy groups -OCH3 is 1. The fourth-order valence-electron chi connectivity index (χ4n) is 1.51. The maximum atomic E-state index is 5.74. The van der Waals surface area contributed by atoms with Gasteiger partial charge in [0.1, 0.15) is 0 Å². The Kier molecular flexibility index (Phi) is 3.99. The third kappa shape index (κ3) is 3.11. The molecule has 0 unspecified atom stereocenters. The minimum absolute atomic E-state index is 0.509. The van der Waals surface area contributed by atoms with Crippen molar-refractivity contribution in [1.82, 2.24) is 9.97 Å². The predicted molar refractivity (Wildman–Crippen MR) is 72.6 cm³/mol. The topological polar surface area (TPSA) is 47.0 Å². The summed E-state index contributed by atoms with van der Waals surface area (Å²) >= 11 is 5.74. The quantitative estimate of drug-likeness (QED) is 0.860. The van der Waals surface area contributed by atoms with Crippen LogP contribution in [0.15, 0.2) is 30.3 Å². The maximum absolute atomic E-state index is 5.74. The molecule has 2 aromatic rings. The van der Waals surface area contributed by atoms with Crippen LogP contribution in [0.5, 0.6) is 5.88 Å². The summed E-state index contributed by atoms with van der Waals surface area (Å²) in [5, 5.41) is 3.13. The molecule has 0 spiro atoms. The van der Waals surface area contributed by atoms with Gasteiger partial charge in [0.15, 0.2) is 0 Å². The summed E-state index contributed by atoms with van der Waals surface area (Å²) in [6, 6.07) is 9.58. The Morgan fingerprint density at radius 3 is 2.56 bits per heavy atom. The van der Waals surface area contributed by atoms with Crippen LogP contribution >= 0.6 is 11.6 Å². The van der Waals surface area contributed by atoms with E-state index >= 15 is 0 Å². The van der Waals surface area contributed by atoms with Gasteiger partial charge in [-0.05, 0) is 24.6 Å². The third-order valence-electron chi connectivity index (χ3n) is 2.40. The molecule has 0 amide bonds. The first-order valence-electron chi connectivity index (χ1n) is 5.53. The van der Waals surface area contributed by atoms with Crippen LogP contribution in [-0.2, 0) is 5.88 Å². The fraction of sp³-hybridized carbons (Fsp3) is 0.231. The number of anilines is 2. The molecule has 1 N–H and O–H groups in total. The van der Waals surface area contributed by atoms with Crippen LogP contribution in [0.25, 0.3) is 0 Å². The van der Waals surface area contributed by atoms with Crippen molar-refractivity contribution in [1.29, 1.82) is 0 Å². The molecule has 0 aliphatic heterocycles. The second-order valence-electron chi connectivity index (χ2n) is 3.83. The van der Waals surface area contributed by atoms with E-state index in [1.165, 1.54) is 0 Å². The first kappa shape index (κ1) is 12.6. The number of rotatable bonds is 4. The van der Waals surface area contributed by atoms with Crippen molar-refractivity contribution in [3.8, 4) is 5.88 Å². The molecule has 0 bridgehead atoms. The molecule has 0 saturated heterocycles. The first-order chi connectivity index (χ1) is 8.71. The number of halogens is 1. The summed E-state index contributed by atoms with van der Waals surface area (Å²) in [7, 11) is 1.58. The summed E-state index contributed by atoms with van der Waals surface area (Å²) in [5.41, 5.74) is 2.84. The van der Waals surface area contributed by atoms with E-state index in [2.05, 4.69) is 15.3 Å². The standard InChI is InChI=1S/C13H14ClN3O/c1-9-7-12(18-2)17-13(15-9)16-11-5-3-10(8-14)4-6-11/h3-7H,8H2,1-2H3,(H,15,16,17). The summed E-state index contributed by atoms with van der Waals surface area (Å²) in [6.45, 7) is 1.89. The summed E-state index contributed by atoms with van der Waals surface area (Å²) in [4.78, 5) is 8.51. The highest BCUT2D eigenvalue weighted by atomic mass is 35.5. The van der Waals surface area contributed by atoms with Gasteiger partial charge in [0.05, 0.1) is 7.11 Å². The second kappa shape index (κ2) is 5.69. The van der Waals surface area contributed by atoms with Crippen LogP contribution in [0, 0.1) is 6.92 Å². The number of aromatic nitrogens is 2. The average Bonchev–Trinajstić information content (AvgIpc) is 2.39. The van der Waals surface area contributed by atoms with Crippen molar-refractivity contribution in [3.63, 3.8) is 0 Å². The summed E-state index contributed by atoms with van der Waals surface area (Å²) in [6.07, 6.45) is 0. The lowest BCUT2D eigenvalue weighted by molar-refractivity contribution is 0.397. The minimum Gasteiger partial charge on any atom is -0.481 e. The Bertz CT molecular complexity index is 528. The van der Waals surface area contributed by atoms with Gasteiger partial charge in [-0.2, -0.15) is 4.98 Å². The average molecular weight is 264 g/mol. The van der Waals surface area contributed by atoms with Gasteiger partial charge in [-0.1, -0.05) is 12.1 Å². The zero-order valence-corrected chi connectivity index (χ0v) is 11.0. The molecule has 0 radical (unpaired) electrons. The van der Waals surface area contributed by atoms with E-state index in [-0.39, 0.29) is 0 Å². The fourth-order valence-corrected chi connectivity index (χ4v) is 1.68. The number of nitrogens with zero attached hydrogens (tertiary/aromatic N) is 2. The Balaban J connectivity index is 2.19. The molecule has 0 aliphatic carbocycles. The van der Waals surface area contributed by atoms with Gasteiger partial charge < -0.3 is 10.1 Å². The molecule has 5 heteroatoms. The highest BCUT2D eigenvalue weighted by molar-refractivity contribution is 6.17. The lowest BCUT2D eigenvalue weighted by Crippen LogP contribution is -2.00. The van der Waals surface area contributed by atoms with Gasteiger partial charge in [0.2, 0.25) is 11.8 Å². The van der Waals surface area contributed by atoms with Crippen molar-refractivity contribution >= 4 is 23.2 Å². The van der Waals surface area contributed by atoms with E-state index in [1.54, 1.807) is 13.2 Å². The Hall–Kier alpha value is -1.81. The molecule has 0 saturated carbocycles. The maximum Gasteiger partial charge on any atom is 0.230 e. The van der Waals surface area contributed by atoms with Gasteiger partial charge >= 0.3 is 0 Å². The molecule has 1 aromatic carbocycles. The van der Waals surface area contributed by atoms with Gasteiger partial charge in [0, 0.05) is 23.3 Å². The molecule has 0 atom stereocenters. The minimum atomic E-state index is 0.509. The van der Waals surface area contributed by atoms with Crippen LogP contribution in [-0.4, -0.2) is 17.1 Å². The van der Waals surface area contributed by atoms with E-state index in [0.717, 1.165) is 16.9 Å². The Morgan fingerprint density at radius 1 is 1.22 bits per heavy atom. The molecule has 0 aliphatic rings. The number of nitrogens with one attached hydrogen (secondary N) is 1. The van der Waals surface area contributed by atoms with Crippen LogP contribution in [0.1, 0.15) is 11.3 Å². The predicted octanol–water partition coefficient (Wildman–Crippen LogP) is 3.28. The van der Waals surface area contributed by atoms with Crippen LogP contribution in [0.2, 0.25) is 0 Å². The van der Waals surface area contributed by atoms with Crippen LogP contribution in [0.3, 0.4) is 0 Å². The van der Waals surface area contributed by atoms with Crippen LogP contribution in [0.4, 0.5) is 11.6 Å². The molecule has 0 fully saturated rings. The van der Waals surface area contributed by atoms with Crippen molar-refractivity contribution in [3.05, 3.63) is 41.6 Å². The number of aryl methyl sites for hydroxylation is 1. The van der Waals surface area contributed by atoms with Gasteiger partial charge in [-0.3, -0.25) is 0 Å². The van der Waals surface area contributed by atoms with E-state index in [4.69, 9.17) is 16.3 Å². The van der Waals surface area contributed by atoms with Gasteiger partial charge in [-0.15, -0.1) is 11.6 Å². The van der Waals surface area contributed by atoms with Crippen molar-refractivity contribution in [2.75, 3.05) is 12.4 Å². The lowest BCUT2D eigenvalue weighted by Gasteiger charge is -2.07. The molecule has 18 heavy (non-hydrogen) atoms.